The smallest absolute Gasteiger partial charge is 0.237 e. The van der Waals surface area contributed by atoms with Gasteiger partial charge < -0.3 is 40.5 Å². The maximum absolute atomic E-state index is 12.5. The molecule has 0 heterocycles. The zero-order chi connectivity index (χ0) is 27.5. The molecule has 0 aliphatic carbocycles. The molecule has 2 amide bonds. The van der Waals surface area contributed by atoms with Crippen LogP contribution in [-0.4, -0.2) is 107 Å². The van der Waals surface area contributed by atoms with Crippen molar-refractivity contribution in [3.05, 3.63) is 29.3 Å². The van der Waals surface area contributed by atoms with Crippen LogP contribution in [0.3, 0.4) is 0 Å². The number of aliphatic hydroxyl groups excluding tert-OH is 1. The van der Waals surface area contributed by atoms with Gasteiger partial charge in [-0.3, -0.25) is 19.3 Å². The summed E-state index contributed by atoms with van der Waals surface area (Å²) in [5.41, 5.74) is 6.72. The molecule has 0 aromatic heterocycles. The van der Waals surface area contributed by atoms with E-state index in [4.69, 9.17) is 19.9 Å². The van der Waals surface area contributed by atoms with Crippen molar-refractivity contribution >= 4 is 30.1 Å². The number of nitrogens with one attached hydrogen (secondary N) is 2. The van der Waals surface area contributed by atoms with Gasteiger partial charge in [-0.25, -0.2) is 0 Å². The summed E-state index contributed by atoms with van der Waals surface area (Å²) < 4.78 is 15.8. The Kier molecular flexibility index (Phi) is 16.9. The zero-order valence-electron chi connectivity index (χ0n) is 21.6. The summed E-state index contributed by atoms with van der Waals surface area (Å²) in [4.78, 5) is 49.0. The number of carbonyl (C=O) groups excluding carboxylic acids is 4. The molecule has 0 aliphatic rings. The van der Waals surface area contributed by atoms with Crippen molar-refractivity contribution in [3.63, 3.8) is 0 Å². The predicted octanol–water partition coefficient (Wildman–Crippen LogP) is -0.277. The molecule has 37 heavy (non-hydrogen) atoms. The van der Waals surface area contributed by atoms with Gasteiger partial charge in [-0.15, -0.1) is 0 Å². The van der Waals surface area contributed by atoms with Gasteiger partial charge in [-0.2, -0.15) is 0 Å². The van der Waals surface area contributed by atoms with Crippen LogP contribution in [0.25, 0.3) is 0 Å². The topological polar surface area (TPSA) is 170 Å². The fourth-order valence-electron chi connectivity index (χ4n) is 3.48. The minimum Gasteiger partial charge on any atom is -0.388 e. The summed E-state index contributed by atoms with van der Waals surface area (Å²) in [6.07, 6.45) is 1.33. The van der Waals surface area contributed by atoms with Crippen LogP contribution in [0.4, 0.5) is 5.69 Å². The Balaban J connectivity index is 2.58. The fourth-order valence-corrected chi connectivity index (χ4v) is 3.48. The van der Waals surface area contributed by atoms with Crippen molar-refractivity contribution < 1.29 is 38.5 Å². The van der Waals surface area contributed by atoms with E-state index < -0.39 is 12.1 Å². The number of aliphatic hydroxyl groups is 1. The Morgan fingerprint density at radius 2 is 1.81 bits per heavy atom. The number of amides is 2. The molecule has 0 aliphatic heterocycles. The quantitative estimate of drug-likeness (QED) is 0.124. The van der Waals surface area contributed by atoms with Crippen molar-refractivity contribution in [3.8, 4) is 0 Å². The van der Waals surface area contributed by atoms with Crippen molar-refractivity contribution in [1.82, 2.24) is 10.2 Å². The van der Waals surface area contributed by atoms with Crippen LogP contribution in [-0.2, 0) is 35.1 Å². The minimum absolute atomic E-state index is 0.0797. The van der Waals surface area contributed by atoms with E-state index in [0.29, 0.717) is 42.7 Å². The highest BCUT2D eigenvalue weighted by atomic mass is 16.5. The lowest BCUT2D eigenvalue weighted by Crippen LogP contribution is -2.44. The van der Waals surface area contributed by atoms with Gasteiger partial charge in [0, 0.05) is 43.4 Å². The van der Waals surface area contributed by atoms with Crippen LogP contribution in [0.2, 0.25) is 0 Å². The van der Waals surface area contributed by atoms with E-state index in [1.165, 1.54) is 7.05 Å². The Labute approximate surface area is 217 Å². The molecule has 2 atom stereocenters. The van der Waals surface area contributed by atoms with E-state index >= 15 is 0 Å². The third kappa shape index (κ3) is 12.9. The molecule has 1 rings (SSSR count). The first kappa shape index (κ1) is 32.3. The van der Waals surface area contributed by atoms with Gasteiger partial charge in [0.25, 0.3) is 0 Å². The molecule has 1 aromatic rings. The maximum atomic E-state index is 12.5. The van der Waals surface area contributed by atoms with Gasteiger partial charge in [-0.05, 0) is 19.5 Å². The number of nitrogens with zero attached hydrogens (tertiary/aromatic N) is 1. The summed E-state index contributed by atoms with van der Waals surface area (Å²) >= 11 is 0. The lowest BCUT2D eigenvalue weighted by molar-refractivity contribution is -0.126. The molecule has 2 unspecified atom stereocenters. The second-order valence-corrected chi connectivity index (χ2v) is 8.28. The molecule has 0 bridgehead atoms. The monoisotopic (exact) mass is 524 g/mol. The van der Waals surface area contributed by atoms with Crippen LogP contribution in [0.5, 0.6) is 0 Å². The molecule has 5 N–H and O–H groups in total. The second kappa shape index (κ2) is 19.4. The molecule has 1 aromatic carbocycles. The molecule has 12 nitrogen and oxygen atoms in total. The van der Waals surface area contributed by atoms with Crippen molar-refractivity contribution in [2.24, 2.45) is 5.73 Å². The molecule has 208 valence electrons. The van der Waals surface area contributed by atoms with Crippen LogP contribution in [0.15, 0.2) is 18.2 Å². The first-order chi connectivity index (χ1) is 17.9. The van der Waals surface area contributed by atoms with Gasteiger partial charge in [0.2, 0.25) is 11.8 Å². The van der Waals surface area contributed by atoms with E-state index in [1.807, 2.05) is 0 Å². The van der Waals surface area contributed by atoms with E-state index in [2.05, 4.69) is 10.6 Å². The standard InChI is InChI=1S/C25H40N4O8/c1-27-25(34)23(7-4-10-30)29(2)15-21-19(16-31)5-3-6-22(21)28-24(33)8-11-35-13-14-37-18-20(32)17-36-12-9-26/h3,5-6,10,16,20,23,32H,4,7-9,11-15,17-18,26H2,1-2H3,(H,27,34)(H,28,33). The normalized spacial score (nSPS) is 12.7. The summed E-state index contributed by atoms with van der Waals surface area (Å²) in [5.74, 6) is -0.543. The molecule has 0 spiro atoms. The van der Waals surface area contributed by atoms with Crippen molar-refractivity contribution in [1.29, 1.82) is 0 Å². The number of ether oxygens (including phenoxy) is 3. The number of anilines is 1. The van der Waals surface area contributed by atoms with Gasteiger partial charge in [-0.1, -0.05) is 12.1 Å². The predicted molar refractivity (Wildman–Crippen MR) is 137 cm³/mol. The van der Waals surface area contributed by atoms with Gasteiger partial charge in [0.15, 0.2) is 0 Å². The summed E-state index contributed by atoms with van der Waals surface area (Å²) in [6, 6.07) is 4.41. The number of likely N-dealkylation sites (N-methyl/N-ethyl adjacent to an activating group) is 2. The SMILES string of the molecule is CNC(=O)C(CCC=O)N(C)Cc1c(C=O)cccc1NC(=O)CCOCCOCC(O)COCCN. The number of rotatable bonds is 21. The van der Waals surface area contributed by atoms with Crippen molar-refractivity contribution in [2.75, 3.05) is 65.6 Å². The number of aldehydes is 2. The fraction of sp³-hybridized carbons (Fsp3) is 0.600. The highest BCUT2D eigenvalue weighted by molar-refractivity contribution is 5.93. The average molecular weight is 525 g/mol. The number of hydrogen-bond donors (Lipinski definition) is 4. The number of benzene rings is 1. The lowest BCUT2D eigenvalue weighted by atomic mass is 10.0. The molecule has 0 saturated carbocycles. The third-order valence-corrected chi connectivity index (χ3v) is 5.39. The molecular formula is C25H40N4O8. The van der Waals surface area contributed by atoms with Crippen LogP contribution >= 0.6 is 0 Å². The summed E-state index contributed by atoms with van der Waals surface area (Å²) in [7, 11) is 3.24. The summed E-state index contributed by atoms with van der Waals surface area (Å²) in [5, 5.41) is 15.1. The van der Waals surface area contributed by atoms with E-state index in [1.54, 1.807) is 30.1 Å². The van der Waals surface area contributed by atoms with Gasteiger partial charge >= 0.3 is 0 Å². The van der Waals surface area contributed by atoms with E-state index in [0.717, 1.165) is 6.29 Å². The van der Waals surface area contributed by atoms with Gasteiger partial charge in [0.05, 0.1) is 52.1 Å². The number of hydrogen-bond acceptors (Lipinski definition) is 10. The molecule has 12 heteroatoms. The second-order valence-electron chi connectivity index (χ2n) is 8.28. The van der Waals surface area contributed by atoms with Crippen LogP contribution in [0.1, 0.15) is 35.2 Å². The Hall–Kier alpha value is -2.74. The first-order valence-corrected chi connectivity index (χ1v) is 12.2. The average Bonchev–Trinajstić information content (AvgIpc) is 2.89. The highest BCUT2D eigenvalue weighted by Crippen LogP contribution is 2.22. The minimum atomic E-state index is -0.746. The first-order valence-electron chi connectivity index (χ1n) is 12.2. The Morgan fingerprint density at radius 3 is 2.46 bits per heavy atom. The molecule has 0 saturated heterocycles. The van der Waals surface area contributed by atoms with Crippen LogP contribution in [0, 0.1) is 0 Å². The lowest BCUT2D eigenvalue weighted by Gasteiger charge is -2.27. The molecular weight excluding hydrogens is 484 g/mol. The van der Waals surface area contributed by atoms with Gasteiger partial charge in [0.1, 0.15) is 18.7 Å². The van der Waals surface area contributed by atoms with Crippen molar-refractivity contribution in [2.45, 2.75) is 38.0 Å². The van der Waals surface area contributed by atoms with E-state index in [9.17, 15) is 24.3 Å². The van der Waals surface area contributed by atoms with E-state index in [-0.39, 0.29) is 64.2 Å². The number of carbonyl (C=O) groups is 4. The largest absolute Gasteiger partial charge is 0.388 e. The number of nitrogens with two attached hydrogens (primary N) is 1. The summed E-state index contributed by atoms with van der Waals surface area (Å²) in [6.45, 7) is 1.88. The maximum Gasteiger partial charge on any atom is 0.237 e. The van der Waals surface area contributed by atoms with Crippen LogP contribution < -0.4 is 16.4 Å². The Bertz CT molecular complexity index is 839. The highest BCUT2D eigenvalue weighted by Gasteiger charge is 2.24. The molecule has 0 radical (unpaired) electrons. The molecule has 0 fully saturated rings. The zero-order valence-corrected chi connectivity index (χ0v) is 21.6. The third-order valence-electron chi connectivity index (χ3n) is 5.39. The Morgan fingerprint density at radius 1 is 1.11 bits per heavy atom.